The zero-order valence-electron chi connectivity index (χ0n) is 11.3. The Morgan fingerprint density at radius 3 is 1.25 bits per heavy atom. The van der Waals surface area contributed by atoms with E-state index < -0.39 is 0 Å². The van der Waals surface area contributed by atoms with Gasteiger partial charge in [0, 0.05) is 11.4 Å². The third-order valence-corrected chi connectivity index (χ3v) is 2.22. The van der Waals surface area contributed by atoms with E-state index in [0.29, 0.717) is 11.4 Å². The minimum Gasteiger partial charge on any atom is -0.508 e. The molecule has 6 N–H and O–H groups in total. The van der Waals surface area contributed by atoms with Crippen LogP contribution in [0.3, 0.4) is 0 Å². The van der Waals surface area contributed by atoms with E-state index in [-0.39, 0.29) is 20.0 Å². The summed E-state index contributed by atoms with van der Waals surface area (Å²) in [5.41, 5.74) is 12.0. The number of phenolic OH excluding ortho intramolecular Hbond substituents is 2. The van der Waals surface area contributed by atoms with Crippen molar-refractivity contribution in [3.63, 3.8) is 0 Å². The summed E-state index contributed by atoms with van der Waals surface area (Å²) in [6, 6.07) is 12.8. The highest BCUT2D eigenvalue weighted by Crippen LogP contribution is 2.10. The number of anilines is 2. The summed E-state index contributed by atoms with van der Waals surface area (Å²) < 4.78 is 9.33. The second-order valence-corrected chi connectivity index (χ2v) is 4.68. The number of benzene rings is 2. The third kappa shape index (κ3) is 9.74. The Hall–Kier alpha value is -2.26. The van der Waals surface area contributed by atoms with Crippen LogP contribution in [-0.4, -0.2) is 16.4 Å². The van der Waals surface area contributed by atoms with Crippen LogP contribution in [0.5, 0.6) is 11.5 Å². The highest BCUT2D eigenvalue weighted by molar-refractivity contribution is 7.23. The lowest BCUT2D eigenvalue weighted by Crippen LogP contribution is -1.80. The van der Waals surface area contributed by atoms with Gasteiger partial charge in [0.05, 0.1) is 0 Å². The maximum atomic E-state index is 9.33. The summed E-state index contributed by atoms with van der Waals surface area (Å²) >= 11 is 0. The Balaban J connectivity index is 0.000000289. The average Bonchev–Trinajstić information content (AvgIpc) is 2.46. The van der Waals surface area contributed by atoms with Gasteiger partial charge in [-0.2, -0.15) is 0 Å². The highest BCUT2D eigenvalue weighted by atomic mass is 31.1. The molecule has 0 amide bonds. The normalized spacial score (nSPS) is 8.85. The maximum Gasteiger partial charge on any atom is 0.324 e. The van der Waals surface area contributed by atoms with Crippen molar-refractivity contribution in [3.8, 4) is 11.5 Å². The van der Waals surface area contributed by atoms with E-state index in [4.69, 9.17) is 21.7 Å². The van der Waals surface area contributed by atoms with Crippen molar-refractivity contribution >= 4 is 19.8 Å². The van der Waals surface area contributed by atoms with Crippen LogP contribution >= 0.6 is 8.46 Å². The van der Waals surface area contributed by atoms with Gasteiger partial charge >= 0.3 is 8.46 Å². The Morgan fingerprint density at radius 1 is 0.850 bits per heavy atom. The molecule has 108 valence electrons. The summed E-state index contributed by atoms with van der Waals surface area (Å²) in [4.78, 5) is 0. The maximum absolute atomic E-state index is 9.33. The van der Waals surface area contributed by atoms with Crippen LogP contribution in [0.25, 0.3) is 0 Å². The van der Waals surface area contributed by atoms with Crippen LogP contribution in [0.2, 0.25) is 0 Å². The highest BCUT2D eigenvalue weighted by Gasteiger charge is 1.83. The molecule has 0 radical (unpaired) electrons. The van der Waals surface area contributed by atoms with Crippen LogP contribution in [0.15, 0.2) is 48.5 Å². The van der Waals surface area contributed by atoms with Crippen molar-refractivity contribution < 1.29 is 14.8 Å². The average molecular weight is 295 g/mol. The second kappa shape index (κ2) is 10.6. The minimum absolute atomic E-state index is 0.110. The molecule has 0 aliphatic heterocycles. The lowest BCUT2D eigenvalue weighted by molar-refractivity contribution is 0.475. The molecule has 1 atom stereocenters. The molecule has 0 aliphatic carbocycles. The molecule has 2 rings (SSSR count). The number of hydrogen-bond donors (Lipinski definition) is 4. The number of aromatic hydroxyl groups is 2. The Morgan fingerprint density at radius 2 is 1.10 bits per heavy atom. The van der Waals surface area contributed by atoms with Crippen LogP contribution in [0.4, 0.5) is 11.4 Å². The molecular weight excluding hydrogens is 275 g/mol. The molecule has 0 aromatic heterocycles. The summed E-state index contributed by atoms with van der Waals surface area (Å²) in [5.74, 6) is 0.499. The van der Waals surface area contributed by atoms with Crippen LogP contribution in [0, 0.1) is 0 Å². The van der Waals surface area contributed by atoms with Gasteiger partial charge in [-0.15, -0.1) is 0 Å². The molecular formula is C14H20N2O3P+. The third-order valence-electron chi connectivity index (χ3n) is 1.93. The van der Waals surface area contributed by atoms with Crippen molar-refractivity contribution in [1.29, 1.82) is 0 Å². The predicted octanol–water partition coefficient (Wildman–Crippen LogP) is 2.98. The summed E-state index contributed by atoms with van der Waals surface area (Å²) in [6.07, 6.45) is 0.792. The fourth-order valence-electron chi connectivity index (χ4n) is 0.949. The molecule has 6 heteroatoms. The monoisotopic (exact) mass is 295 g/mol. The molecule has 0 aliphatic rings. The van der Waals surface area contributed by atoms with Gasteiger partial charge in [-0.3, -0.25) is 0 Å². The zero-order valence-corrected chi connectivity index (χ0v) is 12.3. The number of nitrogens with two attached hydrogens (primary N) is 2. The van der Waals surface area contributed by atoms with Crippen molar-refractivity contribution in [2.45, 2.75) is 6.92 Å². The Kier molecular flexibility index (Phi) is 9.44. The van der Waals surface area contributed by atoms with Crippen LogP contribution in [0.1, 0.15) is 6.92 Å². The lowest BCUT2D eigenvalue weighted by Gasteiger charge is -1.89. The molecule has 0 fully saturated rings. The molecule has 20 heavy (non-hydrogen) atoms. The van der Waals surface area contributed by atoms with Gasteiger partial charge < -0.3 is 21.7 Å². The Labute approximate surface area is 120 Å². The zero-order chi connectivity index (χ0) is 15.4. The van der Waals surface area contributed by atoms with E-state index in [0.717, 1.165) is 6.16 Å². The SMILES string of the molecule is CC[PH+]=O.Nc1ccc(O)cc1.Nc1ccc(O)cc1. The van der Waals surface area contributed by atoms with Crippen molar-refractivity contribution in [2.24, 2.45) is 0 Å². The summed E-state index contributed by atoms with van der Waals surface area (Å²) in [7, 11) is -0.110. The van der Waals surface area contributed by atoms with E-state index in [1.54, 1.807) is 48.5 Å². The van der Waals surface area contributed by atoms with Gasteiger partial charge in [0.2, 0.25) is 0 Å². The Bertz CT molecular complexity index is 401. The van der Waals surface area contributed by atoms with E-state index in [1.165, 1.54) is 0 Å². The molecule has 0 heterocycles. The number of phenols is 2. The van der Waals surface area contributed by atoms with E-state index >= 15 is 0 Å². The van der Waals surface area contributed by atoms with Crippen LogP contribution in [-0.2, 0) is 4.57 Å². The van der Waals surface area contributed by atoms with Crippen molar-refractivity contribution in [3.05, 3.63) is 48.5 Å². The van der Waals surface area contributed by atoms with Gasteiger partial charge in [-0.1, -0.05) is 4.57 Å². The van der Waals surface area contributed by atoms with E-state index in [2.05, 4.69) is 0 Å². The first-order chi connectivity index (χ1) is 9.49. The predicted molar refractivity (Wildman–Crippen MR) is 84.6 cm³/mol. The van der Waals surface area contributed by atoms with Crippen molar-refractivity contribution in [2.75, 3.05) is 17.6 Å². The first kappa shape index (κ1) is 17.7. The quantitative estimate of drug-likeness (QED) is 0.367. The second-order valence-electron chi connectivity index (χ2n) is 3.68. The smallest absolute Gasteiger partial charge is 0.324 e. The van der Waals surface area contributed by atoms with Gasteiger partial charge in [-0.25, -0.2) is 0 Å². The summed E-state index contributed by atoms with van der Waals surface area (Å²) in [6.45, 7) is 1.88. The van der Waals surface area contributed by atoms with E-state index in [9.17, 15) is 4.57 Å². The molecule has 5 nitrogen and oxygen atoms in total. The standard InChI is InChI=1S/2C6H7NO.C2H5OP/c2*7-5-1-3-6(8)4-2-5;1-2-4-3/h2*1-4,8H,7H2;2H2,1H3/p+1. The van der Waals surface area contributed by atoms with E-state index in [1.807, 2.05) is 6.92 Å². The first-order valence-electron chi connectivity index (χ1n) is 5.93. The lowest BCUT2D eigenvalue weighted by atomic mass is 10.3. The van der Waals surface area contributed by atoms with Gasteiger partial charge in [0.25, 0.3) is 0 Å². The molecule has 0 bridgehead atoms. The van der Waals surface area contributed by atoms with Crippen LogP contribution < -0.4 is 11.5 Å². The first-order valence-corrected chi connectivity index (χ1v) is 7.05. The molecule has 0 spiro atoms. The molecule has 0 saturated heterocycles. The van der Waals surface area contributed by atoms with Gasteiger partial charge in [0.15, 0.2) is 0 Å². The molecule has 0 saturated carbocycles. The van der Waals surface area contributed by atoms with Gasteiger partial charge in [0.1, 0.15) is 17.7 Å². The number of hydrogen-bond acceptors (Lipinski definition) is 5. The molecule has 2 aromatic carbocycles. The van der Waals surface area contributed by atoms with Crippen molar-refractivity contribution in [1.82, 2.24) is 0 Å². The van der Waals surface area contributed by atoms with Gasteiger partial charge in [-0.05, 0) is 55.5 Å². The molecule has 1 unspecified atom stereocenters. The fraction of sp³-hybridized carbons (Fsp3) is 0.143. The largest absolute Gasteiger partial charge is 0.508 e. The fourth-order valence-corrected chi connectivity index (χ4v) is 0.949. The number of nitrogen functional groups attached to an aromatic ring is 2. The summed E-state index contributed by atoms with van der Waals surface area (Å²) in [5, 5.41) is 17.4. The number of rotatable bonds is 1. The topological polar surface area (TPSA) is 110 Å². The minimum atomic E-state index is -0.110. The molecule has 2 aromatic rings.